The number of aromatic amines is 1. The molecule has 132 valence electrons. The summed E-state index contributed by atoms with van der Waals surface area (Å²) in [5.41, 5.74) is 1.73. The molecule has 1 heterocycles. The van der Waals surface area contributed by atoms with Gasteiger partial charge in [0, 0.05) is 17.2 Å². The topological polar surface area (TPSA) is 55.0 Å². The van der Waals surface area contributed by atoms with E-state index in [2.05, 4.69) is 10.2 Å². The average Bonchev–Trinajstić information content (AvgIpc) is 3.10. The Hall–Kier alpha value is -2.63. The highest BCUT2D eigenvalue weighted by Gasteiger charge is 2.10. The number of ketones is 1. The summed E-state index contributed by atoms with van der Waals surface area (Å²) in [7, 11) is 1.47. The van der Waals surface area contributed by atoms with E-state index in [1.54, 1.807) is 36.4 Å². The number of rotatable bonds is 5. The maximum atomic E-state index is 14.1. The van der Waals surface area contributed by atoms with Crippen LogP contribution in [0.5, 0.6) is 5.75 Å². The molecule has 1 N–H and O–H groups in total. The van der Waals surface area contributed by atoms with E-state index in [0.717, 1.165) is 0 Å². The molecule has 0 amide bonds. The maximum absolute atomic E-state index is 14.1. The molecule has 1 aromatic heterocycles. The zero-order valence-electron chi connectivity index (χ0n) is 13.6. The zero-order chi connectivity index (χ0) is 18.7. The van der Waals surface area contributed by atoms with E-state index < -0.39 is 5.82 Å². The van der Waals surface area contributed by atoms with Crippen LogP contribution in [0.4, 0.5) is 4.39 Å². The lowest BCUT2D eigenvalue weighted by atomic mass is 10.1. The van der Waals surface area contributed by atoms with E-state index in [9.17, 15) is 9.18 Å². The van der Waals surface area contributed by atoms with Gasteiger partial charge in [-0.3, -0.25) is 9.89 Å². The fraction of sp³-hybridized carbons (Fsp3) is 0.0526. The number of allylic oxidation sites excluding steroid dienone is 1. The smallest absolute Gasteiger partial charge is 0.185 e. The van der Waals surface area contributed by atoms with Crippen molar-refractivity contribution in [1.82, 2.24) is 10.2 Å². The molecule has 2 aromatic carbocycles. The first-order chi connectivity index (χ1) is 12.5. The number of aromatic nitrogens is 2. The van der Waals surface area contributed by atoms with E-state index in [4.69, 9.17) is 27.9 Å². The molecule has 26 heavy (non-hydrogen) atoms. The number of hydrogen-bond donors (Lipinski definition) is 1. The number of halogens is 3. The van der Waals surface area contributed by atoms with Crippen LogP contribution in [0.15, 0.2) is 48.5 Å². The Morgan fingerprint density at radius 2 is 1.96 bits per heavy atom. The summed E-state index contributed by atoms with van der Waals surface area (Å²) in [5.74, 6) is -0.261. The number of nitrogens with zero attached hydrogens (tertiary/aromatic N) is 1. The first-order valence-electron chi connectivity index (χ1n) is 7.54. The molecule has 0 saturated heterocycles. The van der Waals surface area contributed by atoms with Crippen LogP contribution in [0, 0.1) is 5.82 Å². The van der Waals surface area contributed by atoms with Gasteiger partial charge in [0.1, 0.15) is 11.6 Å². The van der Waals surface area contributed by atoms with Gasteiger partial charge in [-0.05, 0) is 48.6 Å². The molecule has 0 aliphatic rings. The van der Waals surface area contributed by atoms with Crippen molar-refractivity contribution >= 4 is 35.1 Å². The van der Waals surface area contributed by atoms with E-state index in [0.29, 0.717) is 38.3 Å². The van der Waals surface area contributed by atoms with Crippen LogP contribution in [0.3, 0.4) is 0 Å². The van der Waals surface area contributed by atoms with Gasteiger partial charge in [0.05, 0.1) is 28.5 Å². The Kier molecular flexibility index (Phi) is 5.40. The third-order valence-electron chi connectivity index (χ3n) is 3.67. The minimum atomic E-state index is -0.446. The SMILES string of the molecule is COc1ccc(-c2cc(C=CC(=O)c3ccc(Cl)c(Cl)c3)[nH]n2)c(F)c1. The van der Waals surface area contributed by atoms with Crippen LogP contribution in [-0.2, 0) is 0 Å². The predicted octanol–water partition coefficient (Wildman–Crippen LogP) is 5.43. The molecule has 0 saturated carbocycles. The second-order valence-electron chi connectivity index (χ2n) is 5.38. The number of carbonyl (C=O) groups excluding carboxylic acids is 1. The van der Waals surface area contributed by atoms with Crippen molar-refractivity contribution in [2.24, 2.45) is 0 Å². The highest BCUT2D eigenvalue weighted by atomic mass is 35.5. The van der Waals surface area contributed by atoms with Crippen LogP contribution >= 0.6 is 23.2 Å². The monoisotopic (exact) mass is 390 g/mol. The minimum Gasteiger partial charge on any atom is -0.497 e. The second kappa shape index (κ2) is 7.72. The van der Waals surface area contributed by atoms with Crippen LogP contribution in [0.2, 0.25) is 10.0 Å². The summed E-state index contributed by atoms with van der Waals surface area (Å²) in [6.07, 6.45) is 2.93. The second-order valence-corrected chi connectivity index (χ2v) is 6.20. The Labute approximate surface area is 159 Å². The van der Waals surface area contributed by atoms with Gasteiger partial charge in [0.2, 0.25) is 0 Å². The molecular weight excluding hydrogens is 378 g/mol. The summed E-state index contributed by atoms with van der Waals surface area (Å²) in [6, 6.07) is 10.8. The van der Waals surface area contributed by atoms with Gasteiger partial charge in [-0.2, -0.15) is 5.10 Å². The summed E-state index contributed by atoms with van der Waals surface area (Å²) in [6.45, 7) is 0. The number of hydrogen-bond acceptors (Lipinski definition) is 3. The average molecular weight is 391 g/mol. The van der Waals surface area contributed by atoms with E-state index in [1.807, 2.05) is 0 Å². The lowest BCUT2D eigenvalue weighted by Gasteiger charge is -2.02. The summed E-state index contributed by atoms with van der Waals surface area (Å²) >= 11 is 11.8. The largest absolute Gasteiger partial charge is 0.497 e. The Bertz CT molecular complexity index is 999. The summed E-state index contributed by atoms with van der Waals surface area (Å²) < 4.78 is 19.1. The summed E-state index contributed by atoms with van der Waals surface area (Å²) in [4.78, 5) is 12.2. The first kappa shape index (κ1) is 18.2. The van der Waals surface area contributed by atoms with Crippen molar-refractivity contribution in [1.29, 1.82) is 0 Å². The van der Waals surface area contributed by atoms with Crippen molar-refractivity contribution in [2.45, 2.75) is 0 Å². The molecule has 3 aromatic rings. The Balaban J connectivity index is 1.78. The quantitative estimate of drug-likeness (QED) is 0.466. The van der Waals surface area contributed by atoms with E-state index in [-0.39, 0.29) is 5.78 Å². The Morgan fingerprint density at radius 1 is 1.15 bits per heavy atom. The molecule has 0 atom stereocenters. The van der Waals surface area contributed by atoms with E-state index in [1.165, 1.54) is 25.3 Å². The van der Waals surface area contributed by atoms with Crippen molar-refractivity contribution in [3.05, 3.63) is 75.7 Å². The maximum Gasteiger partial charge on any atom is 0.185 e. The number of H-pyrrole nitrogens is 1. The third kappa shape index (κ3) is 3.95. The normalized spacial score (nSPS) is 11.1. The van der Waals surface area contributed by atoms with Gasteiger partial charge >= 0.3 is 0 Å². The van der Waals surface area contributed by atoms with E-state index >= 15 is 0 Å². The minimum absolute atomic E-state index is 0.240. The van der Waals surface area contributed by atoms with Gasteiger partial charge in [0.15, 0.2) is 5.78 Å². The number of ether oxygens (including phenoxy) is 1. The van der Waals surface area contributed by atoms with Crippen LogP contribution in [-0.4, -0.2) is 23.1 Å². The van der Waals surface area contributed by atoms with Crippen molar-refractivity contribution in [2.75, 3.05) is 7.11 Å². The number of nitrogens with one attached hydrogen (secondary N) is 1. The Morgan fingerprint density at radius 3 is 2.65 bits per heavy atom. The highest BCUT2D eigenvalue weighted by Crippen LogP contribution is 2.26. The van der Waals surface area contributed by atoms with Gasteiger partial charge in [0.25, 0.3) is 0 Å². The predicted molar refractivity (Wildman–Crippen MR) is 100 cm³/mol. The van der Waals surface area contributed by atoms with Gasteiger partial charge in [-0.1, -0.05) is 23.2 Å². The molecule has 0 aliphatic carbocycles. The third-order valence-corrected chi connectivity index (χ3v) is 4.41. The fourth-order valence-corrected chi connectivity index (χ4v) is 2.60. The fourth-order valence-electron chi connectivity index (χ4n) is 2.30. The molecular formula is C19H13Cl2FN2O2. The molecule has 0 radical (unpaired) electrons. The highest BCUT2D eigenvalue weighted by molar-refractivity contribution is 6.42. The van der Waals surface area contributed by atoms with Crippen molar-refractivity contribution < 1.29 is 13.9 Å². The number of methoxy groups -OCH3 is 1. The first-order valence-corrected chi connectivity index (χ1v) is 8.30. The van der Waals surface area contributed by atoms with Crippen LogP contribution < -0.4 is 4.74 Å². The van der Waals surface area contributed by atoms with Crippen molar-refractivity contribution in [3.8, 4) is 17.0 Å². The molecule has 3 rings (SSSR count). The molecule has 0 unspecified atom stereocenters. The standard InChI is InChI=1S/C19H13Cl2FN2O2/c1-26-13-4-5-14(17(22)10-13)18-9-12(23-24-18)3-7-19(25)11-2-6-15(20)16(21)8-11/h2-10H,1H3,(H,23,24). The zero-order valence-corrected chi connectivity index (χ0v) is 15.1. The summed E-state index contributed by atoms with van der Waals surface area (Å²) in [5, 5.41) is 7.52. The number of carbonyl (C=O) groups is 1. The van der Waals surface area contributed by atoms with Gasteiger partial charge in [-0.25, -0.2) is 4.39 Å². The molecule has 0 aliphatic heterocycles. The van der Waals surface area contributed by atoms with Crippen LogP contribution in [0.1, 0.15) is 16.1 Å². The van der Waals surface area contributed by atoms with Gasteiger partial charge < -0.3 is 4.74 Å². The number of benzene rings is 2. The van der Waals surface area contributed by atoms with Gasteiger partial charge in [-0.15, -0.1) is 0 Å². The molecule has 0 spiro atoms. The van der Waals surface area contributed by atoms with Crippen LogP contribution in [0.25, 0.3) is 17.3 Å². The lowest BCUT2D eigenvalue weighted by molar-refractivity contribution is 0.104. The molecule has 0 bridgehead atoms. The molecule has 4 nitrogen and oxygen atoms in total. The molecule has 0 fully saturated rings. The molecule has 7 heteroatoms. The lowest BCUT2D eigenvalue weighted by Crippen LogP contribution is -1.93. The van der Waals surface area contributed by atoms with Crippen molar-refractivity contribution in [3.63, 3.8) is 0 Å².